The van der Waals surface area contributed by atoms with Gasteiger partial charge in [0, 0.05) is 11.3 Å². The van der Waals surface area contributed by atoms with Crippen molar-refractivity contribution >= 4 is 40.5 Å². The number of hydrogen-bond acceptors (Lipinski definition) is 4. The topological polar surface area (TPSA) is 75.5 Å². The summed E-state index contributed by atoms with van der Waals surface area (Å²) in [5, 5.41) is 3.01. The van der Waals surface area contributed by atoms with Crippen molar-refractivity contribution in [1.82, 2.24) is 10.9 Å². The van der Waals surface area contributed by atoms with Gasteiger partial charge in [0.05, 0.1) is 17.7 Å². The number of anilines is 1. The molecule has 0 atom stereocenters. The molecule has 2 aromatic carbocycles. The number of benzene rings is 2. The van der Waals surface area contributed by atoms with Crippen LogP contribution in [0.2, 0.25) is 5.02 Å². The lowest BCUT2D eigenvalue weighted by molar-refractivity contribution is -0.137. The van der Waals surface area contributed by atoms with Gasteiger partial charge in [-0.15, -0.1) is 0 Å². The van der Waals surface area contributed by atoms with Gasteiger partial charge < -0.3 is 14.5 Å². The molecule has 162 valence electrons. The molecule has 6 nitrogen and oxygen atoms in total. The van der Waals surface area contributed by atoms with Gasteiger partial charge in [-0.2, -0.15) is 13.2 Å². The molecule has 0 aliphatic carbocycles. The van der Waals surface area contributed by atoms with Crippen molar-refractivity contribution in [3.8, 4) is 17.1 Å². The van der Waals surface area contributed by atoms with Crippen molar-refractivity contribution in [2.75, 3.05) is 12.4 Å². The Balaban J connectivity index is 1.63. The molecule has 0 bridgehead atoms. The third-order valence-corrected chi connectivity index (χ3v) is 4.56. The van der Waals surface area contributed by atoms with E-state index < -0.39 is 17.6 Å². The minimum absolute atomic E-state index is 0.0141. The third kappa shape index (κ3) is 5.68. The Kier molecular flexibility index (Phi) is 6.71. The number of ether oxygens (including phenoxy) is 1. The smallest absolute Gasteiger partial charge is 0.416 e. The summed E-state index contributed by atoms with van der Waals surface area (Å²) in [4.78, 5) is 12.3. The standard InChI is InChI=1S/C20H15ClF3N3O3S/c1-29-13-5-3-12(4-6-13)25-19(31)27-26-18(28)17-9-8-16(30-17)14-10-11(20(22,23)24)2-7-15(14)21/h2-10H,1H3,(H,26,28)(H2,25,27,31). The van der Waals surface area contributed by atoms with Crippen LogP contribution in [-0.2, 0) is 6.18 Å². The maximum atomic E-state index is 12.9. The summed E-state index contributed by atoms with van der Waals surface area (Å²) in [6, 6.07) is 12.4. The molecule has 0 unspecified atom stereocenters. The van der Waals surface area contributed by atoms with Crippen LogP contribution in [0.4, 0.5) is 18.9 Å². The summed E-state index contributed by atoms with van der Waals surface area (Å²) in [5.41, 5.74) is 4.62. The first-order chi connectivity index (χ1) is 14.7. The Morgan fingerprint density at radius 2 is 1.77 bits per heavy atom. The van der Waals surface area contributed by atoms with Gasteiger partial charge in [0.25, 0.3) is 0 Å². The fourth-order valence-electron chi connectivity index (χ4n) is 2.51. The highest BCUT2D eigenvalue weighted by Gasteiger charge is 2.31. The lowest BCUT2D eigenvalue weighted by atomic mass is 10.1. The quantitative estimate of drug-likeness (QED) is 0.357. The highest BCUT2D eigenvalue weighted by Crippen LogP contribution is 2.36. The molecule has 0 fully saturated rings. The predicted octanol–water partition coefficient (Wildman–Crippen LogP) is 5.26. The Hall–Kier alpha value is -3.24. The molecule has 0 radical (unpaired) electrons. The molecule has 1 aromatic heterocycles. The number of carbonyl (C=O) groups excluding carboxylic acids is 1. The first kappa shape index (κ1) is 22.4. The van der Waals surface area contributed by atoms with Crippen LogP contribution in [0.5, 0.6) is 5.75 Å². The number of hydrazine groups is 1. The van der Waals surface area contributed by atoms with Gasteiger partial charge in [-0.05, 0) is 66.8 Å². The van der Waals surface area contributed by atoms with Crippen LogP contribution in [0, 0.1) is 0 Å². The second-order valence-electron chi connectivity index (χ2n) is 6.12. The van der Waals surface area contributed by atoms with Crippen molar-refractivity contribution < 1.29 is 27.1 Å². The van der Waals surface area contributed by atoms with E-state index in [0.717, 1.165) is 18.2 Å². The number of amides is 1. The highest BCUT2D eigenvalue weighted by atomic mass is 35.5. The van der Waals surface area contributed by atoms with Crippen LogP contribution >= 0.6 is 23.8 Å². The van der Waals surface area contributed by atoms with Crippen molar-refractivity contribution in [3.05, 3.63) is 70.9 Å². The molecule has 1 amide bonds. The Bertz CT molecular complexity index is 1100. The van der Waals surface area contributed by atoms with Crippen LogP contribution in [-0.4, -0.2) is 18.1 Å². The molecule has 3 rings (SSSR count). The molecule has 0 aliphatic heterocycles. The van der Waals surface area contributed by atoms with E-state index in [1.165, 1.54) is 12.1 Å². The molecule has 1 heterocycles. The molecule has 0 spiro atoms. The third-order valence-electron chi connectivity index (χ3n) is 4.03. The Morgan fingerprint density at radius 1 is 1.06 bits per heavy atom. The summed E-state index contributed by atoms with van der Waals surface area (Å²) in [7, 11) is 1.55. The minimum Gasteiger partial charge on any atom is -0.497 e. The van der Waals surface area contributed by atoms with Gasteiger partial charge in [0.2, 0.25) is 0 Å². The summed E-state index contributed by atoms with van der Waals surface area (Å²) in [5.74, 6) is -0.149. The van der Waals surface area contributed by atoms with E-state index >= 15 is 0 Å². The first-order valence-corrected chi connectivity index (χ1v) is 9.44. The monoisotopic (exact) mass is 469 g/mol. The zero-order valence-corrected chi connectivity index (χ0v) is 17.4. The van der Waals surface area contributed by atoms with Crippen LogP contribution in [0.3, 0.4) is 0 Å². The summed E-state index contributed by atoms with van der Waals surface area (Å²) < 4.78 is 49.3. The van der Waals surface area contributed by atoms with Gasteiger partial charge in [0.15, 0.2) is 10.9 Å². The van der Waals surface area contributed by atoms with Gasteiger partial charge in [-0.1, -0.05) is 11.6 Å². The van der Waals surface area contributed by atoms with Crippen molar-refractivity contribution in [1.29, 1.82) is 0 Å². The molecule has 3 N–H and O–H groups in total. The van der Waals surface area contributed by atoms with E-state index in [-0.39, 0.29) is 27.2 Å². The summed E-state index contributed by atoms with van der Waals surface area (Å²) >= 11 is 11.1. The number of furan rings is 1. The number of hydrogen-bond donors (Lipinski definition) is 3. The van der Waals surface area contributed by atoms with Crippen LogP contribution < -0.4 is 20.9 Å². The van der Waals surface area contributed by atoms with Crippen molar-refractivity contribution in [2.45, 2.75) is 6.18 Å². The predicted molar refractivity (Wildman–Crippen MR) is 114 cm³/mol. The molecule has 0 aliphatic rings. The Morgan fingerprint density at radius 3 is 2.42 bits per heavy atom. The largest absolute Gasteiger partial charge is 0.497 e. The number of halogens is 4. The number of thiocarbonyl (C=S) groups is 1. The van der Waals surface area contributed by atoms with Gasteiger partial charge >= 0.3 is 12.1 Å². The molecule has 0 saturated heterocycles. The van der Waals surface area contributed by atoms with E-state index in [0.29, 0.717) is 11.4 Å². The Labute approximate surface area is 185 Å². The summed E-state index contributed by atoms with van der Waals surface area (Å²) in [6.07, 6.45) is -4.54. The van der Waals surface area contributed by atoms with Crippen molar-refractivity contribution in [3.63, 3.8) is 0 Å². The second kappa shape index (κ2) is 9.27. The van der Waals surface area contributed by atoms with Gasteiger partial charge in [-0.25, -0.2) is 0 Å². The fourth-order valence-corrected chi connectivity index (χ4v) is 2.89. The summed E-state index contributed by atoms with van der Waals surface area (Å²) in [6.45, 7) is 0. The second-order valence-corrected chi connectivity index (χ2v) is 6.93. The van der Waals surface area contributed by atoms with Crippen molar-refractivity contribution in [2.24, 2.45) is 0 Å². The average Bonchev–Trinajstić information content (AvgIpc) is 3.22. The number of alkyl halides is 3. The van der Waals surface area contributed by atoms with Crippen LogP contribution in [0.25, 0.3) is 11.3 Å². The lowest BCUT2D eigenvalue weighted by Gasteiger charge is -2.11. The fraction of sp³-hybridized carbons (Fsp3) is 0.100. The first-order valence-electron chi connectivity index (χ1n) is 8.65. The maximum absolute atomic E-state index is 12.9. The average molecular weight is 470 g/mol. The van der Waals surface area contributed by atoms with E-state index in [9.17, 15) is 18.0 Å². The highest BCUT2D eigenvalue weighted by molar-refractivity contribution is 7.80. The molecular formula is C20H15ClF3N3O3S. The normalized spacial score (nSPS) is 11.0. The molecule has 0 saturated carbocycles. The number of nitrogens with one attached hydrogen (secondary N) is 3. The SMILES string of the molecule is COc1ccc(NC(=S)NNC(=O)c2ccc(-c3cc(C(F)(F)F)ccc3Cl)o2)cc1. The molecule has 3 aromatic rings. The zero-order valence-electron chi connectivity index (χ0n) is 15.8. The van der Waals surface area contributed by atoms with E-state index in [4.69, 9.17) is 33.0 Å². The molecule has 11 heteroatoms. The maximum Gasteiger partial charge on any atom is 0.416 e. The van der Waals surface area contributed by atoms with E-state index in [1.807, 2.05) is 0 Å². The molecular weight excluding hydrogens is 455 g/mol. The van der Waals surface area contributed by atoms with E-state index in [1.54, 1.807) is 31.4 Å². The molecule has 31 heavy (non-hydrogen) atoms. The van der Waals surface area contributed by atoms with Gasteiger partial charge in [-0.3, -0.25) is 15.6 Å². The minimum atomic E-state index is -4.54. The zero-order chi connectivity index (χ0) is 22.6. The number of carbonyl (C=O) groups is 1. The lowest BCUT2D eigenvalue weighted by Crippen LogP contribution is -2.43. The number of rotatable bonds is 4. The van der Waals surface area contributed by atoms with Crippen LogP contribution in [0.1, 0.15) is 16.1 Å². The van der Waals surface area contributed by atoms with Gasteiger partial charge in [0.1, 0.15) is 11.5 Å². The number of methoxy groups -OCH3 is 1. The van der Waals surface area contributed by atoms with Crippen LogP contribution in [0.15, 0.2) is 59.0 Å². The van der Waals surface area contributed by atoms with E-state index in [2.05, 4.69) is 16.2 Å².